The molecule has 2 aromatic carbocycles. The molecular weight excluding hydrogens is 747 g/mol. The summed E-state index contributed by atoms with van der Waals surface area (Å²) in [5.41, 5.74) is 13.7. The van der Waals surface area contributed by atoms with Crippen LogP contribution in [0.4, 0.5) is 0 Å². The smallest absolute Gasteiger partial charge is 0.217 e. The molecule has 0 spiro atoms. The van der Waals surface area contributed by atoms with Crippen molar-refractivity contribution in [2.24, 2.45) is 11.5 Å². The Morgan fingerprint density at radius 2 is 1.29 bits per heavy atom. The van der Waals surface area contributed by atoms with E-state index in [4.69, 9.17) is 39.9 Å². The summed E-state index contributed by atoms with van der Waals surface area (Å²) in [7, 11) is 9.55. The molecule has 56 heavy (non-hydrogen) atoms. The molecule has 0 aromatic heterocycles. The number of primary amides is 1. The Bertz CT molecular complexity index is 1410. The number of hydrogen-bond donors (Lipinski definition) is 4. The van der Waals surface area contributed by atoms with Gasteiger partial charge in [0.1, 0.15) is 0 Å². The Morgan fingerprint density at radius 3 is 1.59 bits per heavy atom. The van der Waals surface area contributed by atoms with E-state index >= 15 is 0 Å². The standard InChI is InChI=1S/C23H31NO3.C11H14O3.C4H9NO.C4H10S.C2H7NS/c1-18(2)10-9-15-24-14-8-7-11-19(3)12-13-20-16-21(25-4)23(27-6)22(17-20)26-5;1-5-8-6-9(12-2)11(14-4)10(7-8)13-3;1-2-3-4(5)6;1-3-4-5-2;3-1-2-4/h7-8,11-14,16-17,24H,1,3,9-10,15H2,2,4-6H3;5-7H,1H2,2-4H3;2-3H2,1H3,(H2,5,6);3-4H2,1-2H3;4H,1-3H2/b11-7-,13-12+,14-8-;;;;. The fraction of sp³-hybridized carbons (Fsp3) is 0.432. The molecule has 0 aliphatic heterocycles. The molecule has 10 nitrogen and oxygen atoms in total. The number of carbonyl (C=O) groups is 1. The molecule has 0 fully saturated rings. The summed E-state index contributed by atoms with van der Waals surface area (Å²) in [4.78, 5) is 9.82. The van der Waals surface area contributed by atoms with E-state index in [0.29, 0.717) is 47.5 Å². The van der Waals surface area contributed by atoms with E-state index in [1.807, 2.05) is 79.5 Å². The zero-order valence-corrected chi connectivity index (χ0v) is 37.4. The summed E-state index contributed by atoms with van der Waals surface area (Å²) >= 11 is 5.70. The number of ether oxygens (including phenoxy) is 6. The molecule has 0 atom stereocenters. The van der Waals surface area contributed by atoms with Gasteiger partial charge in [-0.3, -0.25) is 4.79 Å². The number of benzene rings is 2. The first-order valence-corrected chi connectivity index (χ1v) is 20.3. The molecule has 1 amide bonds. The molecule has 0 heterocycles. The van der Waals surface area contributed by atoms with Crippen LogP contribution in [0, 0.1) is 0 Å². The maximum atomic E-state index is 9.82. The summed E-state index contributed by atoms with van der Waals surface area (Å²) < 4.78 is 31.6. The van der Waals surface area contributed by atoms with Crippen LogP contribution in [0.15, 0.2) is 85.7 Å². The summed E-state index contributed by atoms with van der Waals surface area (Å²) in [6, 6.07) is 7.47. The highest BCUT2D eigenvalue weighted by atomic mass is 32.2. The van der Waals surface area contributed by atoms with Gasteiger partial charge < -0.3 is 45.2 Å². The summed E-state index contributed by atoms with van der Waals surface area (Å²) in [5.74, 6) is 5.59. The predicted molar refractivity (Wildman–Crippen MR) is 246 cm³/mol. The Hall–Kier alpha value is -4.39. The maximum absolute atomic E-state index is 9.82. The number of nitrogens with one attached hydrogen (secondary N) is 1. The third-order valence-corrected chi connectivity index (χ3v) is 7.77. The second-order valence-corrected chi connectivity index (χ2v) is 12.9. The van der Waals surface area contributed by atoms with E-state index in [2.05, 4.69) is 57.8 Å². The SMILES string of the molecule is C=C(/C=C\C=C/NCCCC(=C)C)/C=C/c1cc(OC)c(OC)c(OC)c1.C=Cc1cc(OC)c(OC)c(OC)c1.CCCC(N)=O.CCCSC.NCCS. The van der Waals surface area contributed by atoms with Gasteiger partial charge in [-0.15, -0.1) is 6.58 Å². The first-order valence-electron chi connectivity index (χ1n) is 18.3. The van der Waals surface area contributed by atoms with Gasteiger partial charge in [-0.05, 0) is 97.9 Å². The number of thioether (sulfide) groups is 1. The average Bonchev–Trinajstić information content (AvgIpc) is 3.20. The molecule has 2 rings (SSSR count). The molecular formula is C44H71N3O7S2. The number of carbonyl (C=O) groups excluding carboxylic acids is 1. The van der Waals surface area contributed by atoms with Gasteiger partial charge in [0.2, 0.25) is 17.4 Å². The van der Waals surface area contributed by atoms with Crippen LogP contribution in [0.1, 0.15) is 64.0 Å². The number of allylic oxidation sites excluding steroid dienone is 6. The van der Waals surface area contributed by atoms with Crippen molar-refractivity contribution >= 4 is 42.4 Å². The van der Waals surface area contributed by atoms with Crippen LogP contribution in [0.5, 0.6) is 34.5 Å². The zero-order valence-electron chi connectivity index (χ0n) is 35.7. The normalized spacial score (nSPS) is 9.93. The van der Waals surface area contributed by atoms with Crippen LogP contribution in [0.2, 0.25) is 0 Å². The fourth-order valence-electron chi connectivity index (χ4n) is 4.00. The largest absolute Gasteiger partial charge is 0.493 e. The Labute approximate surface area is 348 Å². The van der Waals surface area contributed by atoms with E-state index in [-0.39, 0.29) is 5.91 Å². The lowest BCUT2D eigenvalue weighted by atomic mass is 10.1. The second kappa shape index (κ2) is 38.9. The van der Waals surface area contributed by atoms with Crippen molar-refractivity contribution in [1.82, 2.24) is 5.32 Å². The Kier molecular flexibility index (Phi) is 38.8. The first-order chi connectivity index (χ1) is 26.9. The molecule has 0 saturated carbocycles. The molecule has 0 radical (unpaired) electrons. The minimum absolute atomic E-state index is 0.211. The van der Waals surface area contributed by atoms with Gasteiger partial charge in [0, 0.05) is 25.3 Å². The zero-order chi connectivity index (χ0) is 43.1. The highest BCUT2D eigenvalue weighted by molar-refractivity contribution is 7.98. The molecule has 0 saturated heterocycles. The number of amides is 1. The average molecular weight is 818 g/mol. The van der Waals surface area contributed by atoms with E-state index in [0.717, 1.165) is 48.3 Å². The lowest BCUT2D eigenvalue weighted by molar-refractivity contribution is -0.118. The van der Waals surface area contributed by atoms with Crippen molar-refractivity contribution in [1.29, 1.82) is 0 Å². The van der Waals surface area contributed by atoms with Gasteiger partial charge in [0.15, 0.2) is 23.0 Å². The molecule has 0 aliphatic rings. The summed E-state index contributed by atoms with van der Waals surface area (Å²) in [5, 5.41) is 3.25. The van der Waals surface area contributed by atoms with E-state index in [1.54, 1.807) is 48.7 Å². The third-order valence-electron chi connectivity index (χ3n) is 6.69. The molecule has 0 aliphatic carbocycles. The molecule has 12 heteroatoms. The monoisotopic (exact) mass is 817 g/mol. The fourth-order valence-corrected chi connectivity index (χ4v) is 4.41. The van der Waals surface area contributed by atoms with E-state index in [9.17, 15) is 4.79 Å². The Morgan fingerprint density at radius 1 is 0.804 bits per heavy atom. The van der Waals surface area contributed by atoms with E-state index < -0.39 is 0 Å². The van der Waals surface area contributed by atoms with Gasteiger partial charge >= 0.3 is 0 Å². The van der Waals surface area contributed by atoms with Crippen LogP contribution in [0.25, 0.3) is 12.2 Å². The minimum Gasteiger partial charge on any atom is -0.493 e. The maximum Gasteiger partial charge on any atom is 0.217 e. The van der Waals surface area contributed by atoms with E-state index in [1.165, 1.54) is 17.7 Å². The molecule has 0 bridgehead atoms. The molecule has 0 unspecified atom stereocenters. The van der Waals surface area contributed by atoms with Gasteiger partial charge in [-0.2, -0.15) is 24.4 Å². The van der Waals surface area contributed by atoms with Gasteiger partial charge in [-0.1, -0.05) is 63.0 Å². The summed E-state index contributed by atoms with van der Waals surface area (Å²) in [6.07, 6.45) is 20.4. The number of rotatable bonds is 21. The van der Waals surface area contributed by atoms with Crippen LogP contribution in [0.3, 0.4) is 0 Å². The van der Waals surface area contributed by atoms with Crippen molar-refractivity contribution in [3.63, 3.8) is 0 Å². The lowest BCUT2D eigenvalue weighted by Gasteiger charge is -2.12. The first kappa shape index (κ1) is 55.9. The Balaban J connectivity index is -0.000000795. The highest BCUT2D eigenvalue weighted by Crippen LogP contribution is 2.39. The molecule has 316 valence electrons. The second-order valence-electron chi connectivity index (χ2n) is 11.5. The van der Waals surface area contributed by atoms with Crippen LogP contribution in [-0.4, -0.2) is 79.4 Å². The van der Waals surface area contributed by atoms with Crippen molar-refractivity contribution in [3.8, 4) is 34.5 Å². The quantitative estimate of drug-likeness (QED) is 0.0418. The highest BCUT2D eigenvalue weighted by Gasteiger charge is 2.12. The summed E-state index contributed by atoms with van der Waals surface area (Å²) in [6.45, 7) is 19.4. The van der Waals surface area contributed by atoms with Crippen LogP contribution in [-0.2, 0) is 4.79 Å². The van der Waals surface area contributed by atoms with Gasteiger partial charge in [0.05, 0.1) is 42.7 Å². The van der Waals surface area contributed by atoms with Gasteiger partial charge in [-0.25, -0.2) is 0 Å². The number of hydrogen-bond acceptors (Lipinski definition) is 11. The van der Waals surface area contributed by atoms with Crippen LogP contribution < -0.4 is 45.2 Å². The third kappa shape index (κ3) is 29.0. The number of nitrogens with two attached hydrogens (primary N) is 2. The predicted octanol–water partition coefficient (Wildman–Crippen LogP) is 9.56. The minimum atomic E-state index is -0.211. The number of methoxy groups -OCH3 is 6. The lowest BCUT2D eigenvalue weighted by Crippen LogP contribution is -2.08. The van der Waals surface area contributed by atoms with Crippen LogP contribution >= 0.6 is 24.4 Å². The van der Waals surface area contributed by atoms with Crippen molar-refractivity contribution in [2.75, 3.05) is 73.5 Å². The molecule has 5 N–H and O–H groups in total. The topological polar surface area (TPSA) is 137 Å². The number of thiol groups is 1. The van der Waals surface area contributed by atoms with Crippen molar-refractivity contribution < 1.29 is 33.2 Å². The molecule has 2 aromatic rings. The van der Waals surface area contributed by atoms with Crippen molar-refractivity contribution in [2.45, 2.75) is 52.9 Å². The van der Waals surface area contributed by atoms with Gasteiger partial charge in [0.25, 0.3) is 0 Å². The van der Waals surface area contributed by atoms with Crippen molar-refractivity contribution in [3.05, 3.63) is 96.8 Å².